The molecule has 0 unspecified atom stereocenters. The normalized spacial score (nSPS) is 15.2. The van der Waals surface area contributed by atoms with Crippen LogP contribution < -0.4 is 0 Å². The van der Waals surface area contributed by atoms with Crippen LogP contribution in [0, 0.1) is 0 Å². The Bertz CT molecular complexity index is 212. The Morgan fingerprint density at radius 1 is 0.846 bits per heavy atom. The van der Waals surface area contributed by atoms with Crippen molar-refractivity contribution in [1.82, 2.24) is 0 Å². The maximum absolute atomic E-state index is 8.77. The lowest BCUT2D eigenvalue weighted by atomic mass is 10.1. The van der Waals surface area contributed by atoms with Crippen LogP contribution in [0.5, 0.6) is 0 Å². The molecule has 0 aromatic heterocycles. The van der Waals surface area contributed by atoms with Crippen molar-refractivity contribution >= 4 is 0 Å². The smallest absolute Gasteiger partial charge is 0.0882 e. The Morgan fingerprint density at radius 3 is 1.62 bits per heavy atom. The van der Waals surface area contributed by atoms with Gasteiger partial charge in [0.25, 0.3) is 0 Å². The van der Waals surface area contributed by atoms with Crippen molar-refractivity contribution in [3.63, 3.8) is 0 Å². The van der Waals surface area contributed by atoms with E-state index < -0.39 is 0 Å². The number of hydrogen-bond donors (Lipinski definition) is 1. The standard InChI is InChI=1S/C6H10O.C6H6/c7-6-4-2-1-3-5-6;1-2-4-6-5-3-1/h4,7H,1-3,5H2;1-6H. The molecule has 2 rings (SSSR count). The maximum atomic E-state index is 8.77. The van der Waals surface area contributed by atoms with Gasteiger partial charge >= 0.3 is 0 Å². The third-order valence-corrected chi connectivity index (χ3v) is 1.93. The number of hydrogen-bond acceptors (Lipinski definition) is 1. The zero-order valence-electron chi connectivity index (χ0n) is 7.82. The van der Waals surface area contributed by atoms with Crippen molar-refractivity contribution in [2.24, 2.45) is 0 Å². The number of aliphatic hydroxyl groups is 1. The fourth-order valence-corrected chi connectivity index (χ4v) is 1.21. The Hall–Kier alpha value is -1.24. The summed E-state index contributed by atoms with van der Waals surface area (Å²) in [4.78, 5) is 0. The molecule has 0 fully saturated rings. The second-order valence-electron chi connectivity index (χ2n) is 3.10. The van der Waals surface area contributed by atoms with Gasteiger partial charge in [-0.1, -0.05) is 36.4 Å². The molecule has 0 saturated heterocycles. The van der Waals surface area contributed by atoms with E-state index >= 15 is 0 Å². The zero-order chi connectivity index (χ0) is 9.36. The second kappa shape index (κ2) is 6.30. The summed E-state index contributed by atoms with van der Waals surface area (Å²) in [6, 6.07) is 12.0. The predicted octanol–water partition coefficient (Wildman–Crippen LogP) is 3.69. The highest BCUT2D eigenvalue weighted by Gasteiger charge is 1.97. The van der Waals surface area contributed by atoms with Gasteiger partial charge in [0.05, 0.1) is 5.76 Å². The van der Waals surface area contributed by atoms with Crippen LogP contribution in [-0.2, 0) is 0 Å². The molecule has 13 heavy (non-hydrogen) atoms. The molecular formula is C12H16O. The topological polar surface area (TPSA) is 20.2 Å². The largest absolute Gasteiger partial charge is 0.513 e. The van der Waals surface area contributed by atoms with E-state index in [9.17, 15) is 0 Å². The molecule has 1 aliphatic carbocycles. The lowest BCUT2D eigenvalue weighted by Crippen LogP contribution is -1.88. The molecule has 0 atom stereocenters. The molecule has 1 aromatic carbocycles. The van der Waals surface area contributed by atoms with Gasteiger partial charge < -0.3 is 5.11 Å². The van der Waals surface area contributed by atoms with Gasteiger partial charge in [-0.25, -0.2) is 0 Å². The molecule has 1 aromatic rings. The van der Waals surface area contributed by atoms with Gasteiger partial charge in [-0.2, -0.15) is 0 Å². The molecule has 70 valence electrons. The van der Waals surface area contributed by atoms with Crippen LogP contribution in [0.2, 0.25) is 0 Å². The van der Waals surface area contributed by atoms with E-state index in [0.29, 0.717) is 5.76 Å². The van der Waals surface area contributed by atoms with Crippen LogP contribution in [0.3, 0.4) is 0 Å². The number of aliphatic hydroxyl groups excluding tert-OH is 1. The quantitative estimate of drug-likeness (QED) is 0.639. The Kier molecular flexibility index (Phi) is 4.77. The number of rotatable bonds is 0. The first-order valence-corrected chi connectivity index (χ1v) is 4.77. The molecule has 1 N–H and O–H groups in total. The molecule has 1 nitrogen and oxygen atoms in total. The van der Waals surface area contributed by atoms with Gasteiger partial charge in [-0.15, -0.1) is 0 Å². The van der Waals surface area contributed by atoms with Crippen molar-refractivity contribution in [3.8, 4) is 0 Å². The van der Waals surface area contributed by atoms with Crippen molar-refractivity contribution < 1.29 is 5.11 Å². The average molecular weight is 176 g/mol. The summed E-state index contributed by atoms with van der Waals surface area (Å²) in [6.07, 6.45) is 6.31. The molecule has 0 aliphatic heterocycles. The number of allylic oxidation sites excluding steroid dienone is 2. The van der Waals surface area contributed by atoms with Crippen molar-refractivity contribution in [2.75, 3.05) is 0 Å². The second-order valence-corrected chi connectivity index (χ2v) is 3.10. The Morgan fingerprint density at radius 2 is 1.38 bits per heavy atom. The van der Waals surface area contributed by atoms with Gasteiger partial charge in [0, 0.05) is 6.42 Å². The molecule has 0 bridgehead atoms. The van der Waals surface area contributed by atoms with Gasteiger partial charge in [-0.3, -0.25) is 0 Å². The minimum atomic E-state index is 0.589. The van der Waals surface area contributed by atoms with Crippen molar-refractivity contribution in [2.45, 2.75) is 25.7 Å². The molecule has 1 aliphatic rings. The van der Waals surface area contributed by atoms with Crippen LogP contribution in [0.25, 0.3) is 0 Å². The molecule has 0 heterocycles. The van der Waals surface area contributed by atoms with Gasteiger partial charge in [0.15, 0.2) is 0 Å². The average Bonchev–Trinajstić information content (AvgIpc) is 2.22. The summed E-state index contributed by atoms with van der Waals surface area (Å²) in [5.74, 6) is 0.589. The van der Waals surface area contributed by atoms with Crippen LogP contribution in [0.4, 0.5) is 0 Å². The van der Waals surface area contributed by atoms with Gasteiger partial charge in [0.1, 0.15) is 0 Å². The highest BCUT2D eigenvalue weighted by atomic mass is 16.3. The van der Waals surface area contributed by atoms with Gasteiger partial charge in [0.2, 0.25) is 0 Å². The molecule has 0 amide bonds. The summed E-state index contributed by atoms with van der Waals surface area (Å²) in [5, 5.41) is 8.77. The van der Waals surface area contributed by atoms with Crippen molar-refractivity contribution in [3.05, 3.63) is 48.2 Å². The van der Waals surface area contributed by atoms with E-state index in [1.165, 1.54) is 12.8 Å². The maximum Gasteiger partial charge on any atom is 0.0882 e. The third kappa shape index (κ3) is 5.07. The van der Waals surface area contributed by atoms with E-state index in [2.05, 4.69) is 0 Å². The van der Waals surface area contributed by atoms with Crippen LogP contribution in [-0.4, -0.2) is 5.11 Å². The van der Waals surface area contributed by atoms with Crippen molar-refractivity contribution in [1.29, 1.82) is 0 Å². The van der Waals surface area contributed by atoms with E-state index in [1.807, 2.05) is 42.5 Å². The SMILES string of the molecule is OC1=CCCCC1.c1ccccc1. The highest BCUT2D eigenvalue weighted by Crippen LogP contribution is 2.13. The Labute approximate surface area is 79.7 Å². The van der Waals surface area contributed by atoms with E-state index in [-0.39, 0.29) is 0 Å². The lowest BCUT2D eigenvalue weighted by molar-refractivity contribution is 0.368. The zero-order valence-corrected chi connectivity index (χ0v) is 7.82. The molecule has 0 radical (unpaired) electrons. The van der Waals surface area contributed by atoms with Crippen LogP contribution in [0.1, 0.15) is 25.7 Å². The minimum absolute atomic E-state index is 0.589. The minimum Gasteiger partial charge on any atom is -0.513 e. The summed E-state index contributed by atoms with van der Waals surface area (Å²) < 4.78 is 0. The monoisotopic (exact) mass is 176 g/mol. The highest BCUT2D eigenvalue weighted by molar-refractivity contribution is 4.99. The van der Waals surface area contributed by atoms with E-state index in [0.717, 1.165) is 12.8 Å². The molecule has 0 saturated carbocycles. The molecule has 1 heteroatoms. The Balaban J connectivity index is 0.000000132. The first-order valence-electron chi connectivity index (χ1n) is 4.77. The molecular weight excluding hydrogens is 160 g/mol. The van der Waals surface area contributed by atoms with Crippen LogP contribution in [0.15, 0.2) is 48.2 Å². The number of benzene rings is 1. The fraction of sp³-hybridized carbons (Fsp3) is 0.333. The predicted molar refractivity (Wildman–Crippen MR) is 55.6 cm³/mol. The fourth-order valence-electron chi connectivity index (χ4n) is 1.21. The summed E-state index contributed by atoms with van der Waals surface area (Å²) >= 11 is 0. The first-order chi connectivity index (χ1) is 6.39. The van der Waals surface area contributed by atoms with Crippen LogP contribution >= 0.6 is 0 Å². The third-order valence-electron chi connectivity index (χ3n) is 1.93. The van der Waals surface area contributed by atoms with E-state index in [1.54, 1.807) is 0 Å². The summed E-state index contributed by atoms with van der Waals surface area (Å²) in [7, 11) is 0. The molecule has 0 spiro atoms. The first kappa shape index (κ1) is 9.85. The summed E-state index contributed by atoms with van der Waals surface area (Å²) in [6.45, 7) is 0. The lowest BCUT2D eigenvalue weighted by Gasteiger charge is -2.04. The summed E-state index contributed by atoms with van der Waals surface area (Å²) in [5.41, 5.74) is 0. The van der Waals surface area contributed by atoms with Gasteiger partial charge in [-0.05, 0) is 25.3 Å². The van der Waals surface area contributed by atoms with E-state index in [4.69, 9.17) is 5.11 Å².